The second-order valence-corrected chi connectivity index (χ2v) is 3.46. The monoisotopic (exact) mass is 174 g/mol. The van der Waals surface area contributed by atoms with Gasteiger partial charge in [-0.1, -0.05) is 39.5 Å². The predicted molar refractivity (Wildman–Crippen MR) is 51.0 cm³/mol. The summed E-state index contributed by atoms with van der Waals surface area (Å²) in [5, 5.41) is 18.0. The third-order valence-electron chi connectivity index (χ3n) is 2.45. The summed E-state index contributed by atoms with van der Waals surface area (Å²) in [7, 11) is 0. The van der Waals surface area contributed by atoms with Crippen LogP contribution in [0.15, 0.2) is 0 Å². The fourth-order valence-electron chi connectivity index (χ4n) is 1.71. The molecule has 0 saturated carbocycles. The Hall–Kier alpha value is -0.0800. The van der Waals surface area contributed by atoms with Crippen molar-refractivity contribution >= 4 is 0 Å². The molecule has 12 heavy (non-hydrogen) atoms. The number of aliphatic hydroxyl groups is 2. The third-order valence-corrected chi connectivity index (χ3v) is 2.45. The highest BCUT2D eigenvalue weighted by Gasteiger charge is 2.17. The van der Waals surface area contributed by atoms with Crippen LogP contribution in [-0.2, 0) is 0 Å². The minimum Gasteiger partial charge on any atom is -0.396 e. The van der Waals surface area contributed by atoms with Crippen molar-refractivity contribution in [2.75, 3.05) is 13.2 Å². The summed E-state index contributed by atoms with van der Waals surface area (Å²) in [4.78, 5) is 0. The van der Waals surface area contributed by atoms with E-state index in [1.165, 1.54) is 0 Å². The summed E-state index contributed by atoms with van der Waals surface area (Å²) in [6, 6.07) is 0. The minimum absolute atomic E-state index is 0.102. The maximum Gasteiger partial charge on any atom is 0.0483 e. The Kier molecular flexibility index (Phi) is 7.51. The fourth-order valence-corrected chi connectivity index (χ4v) is 1.71. The normalized spacial score (nSPS) is 11.5. The number of aliphatic hydroxyl groups excluding tert-OH is 2. The molecular weight excluding hydrogens is 152 g/mol. The fraction of sp³-hybridized carbons (Fsp3) is 1.00. The summed E-state index contributed by atoms with van der Waals surface area (Å²) in [6.45, 7) is 4.55. The molecule has 0 saturated heterocycles. The molecule has 0 aliphatic rings. The summed E-state index contributed by atoms with van der Waals surface area (Å²) >= 11 is 0. The van der Waals surface area contributed by atoms with Gasteiger partial charge in [0.1, 0.15) is 0 Å². The van der Waals surface area contributed by atoms with Crippen LogP contribution in [0.4, 0.5) is 0 Å². The Labute approximate surface area is 75.6 Å². The van der Waals surface area contributed by atoms with Crippen molar-refractivity contribution in [3.05, 3.63) is 0 Å². The summed E-state index contributed by atoms with van der Waals surface area (Å²) < 4.78 is 0. The van der Waals surface area contributed by atoms with Crippen molar-refractivity contribution < 1.29 is 10.2 Å². The Balaban J connectivity index is 3.86. The highest BCUT2D eigenvalue weighted by Crippen LogP contribution is 2.22. The maximum atomic E-state index is 8.99. The lowest BCUT2D eigenvalue weighted by atomic mass is 9.86. The van der Waals surface area contributed by atoms with Crippen LogP contribution in [0.2, 0.25) is 0 Å². The molecule has 0 atom stereocenters. The van der Waals surface area contributed by atoms with Crippen LogP contribution in [-0.4, -0.2) is 23.4 Å². The smallest absolute Gasteiger partial charge is 0.0483 e. The summed E-state index contributed by atoms with van der Waals surface area (Å²) in [6.07, 6.45) is 4.53. The second kappa shape index (κ2) is 7.56. The van der Waals surface area contributed by atoms with E-state index in [0.717, 1.165) is 25.7 Å². The molecule has 0 bridgehead atoms. The van der Waals surface area contributed by atoms with E-state index in [4.69, 9.17) is 10.2 Å². The zero-order valence-corrected chi connectivity index (χ0v) is 8.29. The van der Waals surface area contributed by atoms with Gasteiger partial charge in [0.05, 0.1) is 0 Å². The topological polar surface area (TPSA) is 40.5 Å². The lowest BCUT2D eigenvalue weighted by Gasteiger charge is -2.22. The van der Waals surface area contributed by atoms with Crippen LogP contribution in [0, 0.1) is 11.8 Å². The van der Waals surface area contributed by atoms with E-state index in [0.29, 0.717) is 5.92 Å². The molecule has 74 valence electrons. The van der Waals surface area contributed by atoms with Crippen molar-refractivity contribution in [1.82, 2.24) is 0 Å². The van der Waals surface area contributed by atoms with Crippen molar-refractivity contribution in [3.8, 4) is 0 Å². The minimum atomic E-state index is 0.102. The van der Waals surface area contributed by atoms with E-state index >= 15 is 0 Å². The standard InChI is InChI=1S/C10H22O2/c1-3-5-9(6-4-2)10(7-11)8-12/h9-12H,3-8H2,1-2H3. The number of hydrogen-bond acceptors (Lipinski definition) is 2. The van der Waals surface area contributed by atoms with Gasteiger partial charge in [0.25, 0.3) is 0 Å². The second-order valence-electron chi connectivity index (χ2n) is 3.46. The van der Waals surface area contributed by atoms with Crippen LogP contribution in [0.3, 0.4) is 0 Å². The Morgan fingerprint density at radius 3 is 1.50 bits per heavy atom. The van der Waals surface area contributed by atoms with Gasteiger partial charge >= 0.3 is 0 Å². The molecule has 0 radical (unpaired) electrons. The number of rotatable bonds is 7. The van der Waals surface area contributed by atoms with Gasteiger partial charge in [0, 0.05) is 19.1 Å². The molecule has 2 nitrogen and oxygen atoms in total. The van der Waals surface area contributed by atoms with Crippen molar-refractivity contribution in [1.29, 1.82) is 0 Å². The van der Waals surface area contributed by atoms with E-state index in [1.54, 1.807) is 0 Å². The van der Waals surface area contributed by atoms with E-state index in [1.807, 2.05) is 0 Å². The van der Waals surface area contributed by atoms with Crippen LogP contribution >= 0.6 is 0 Å². The van der Waals surface area contributed by atoms with Gasteiger partial charge < -0.3 is 10.2 Å². The molecule has 0 spiro atoms. The Morgan fingerprint density at radius 1 is 0.833 bits per heavy atom. The van der Waals surface area contributed by atoms with Crippen molar-refractivity contribution in [2.24, 2.45) is 11.8 Å². The first-order valence-electron chi connectivity index (χ1n) is 5.01. The summed E-state index contributed by atoms with van der Waals surface area (Å²) in [5.74, 6) is 0.611. The zero-order chi connectivity index (χ0) is 9.40. The van der Waals surface area contributed by atoms with Crippen LogP contribution < -0.4 is 0 Å². The van der Waals surface area contributed by atoms with E-state index < -0.39 is 0 Å². The molecular formula is C10H22O2. The first kappa shape index (κ1) is 11.9. The van der Waals surface area contributed by atoms with Gasteiger partial charge in [0.2, 0.25) is 0 Å². The van der Waals surface area contributed by atoms with E-state index in [-0.39, 0.29) is 19.1 Å². The largest absolute Gasteiger partial charge is 0.396 e. The molecule has 0 aliphatic heterocycles. The van der Waals surface area contributed by atoms with Gasteiger partial charge in [-0.15, -0.1) is 0 Å². The first-order chi connectivity index (χ1) is 5.79. The van der Waals surface area contributed by atoms with Crippen molar-refractivity contribution in [3.63, 3.8) is 0 Å². The van der Waals surface area contributed by atoms with Gasteiger partial charge in [-0.3, -0.25) is 0 Å². The highest BCUT2D eigenvalue weighted by molar-refractivity contribution is 4.68. The zero-order valence-electron chi connectivity index (χ0n) is 8.29. The van der Waals surface area contributed by atoms with Gasteiger partial charge in [-0.05, 0) is 5.92 Å². The van der Waals surface area contributed by atoms with E-state index in [2.05, 4.69) is 13.8 Å². The lowest BCUT2D eigenvalue weighted by molar-refractivity contribution is 0.0973. The van der Waals surface area contributed by atoms with Crippen molar-refractivity contribution in [2.45, 2.75) is 39.5 Å². The SMILES string of the molecule is CCCC(CCC)C(CO)CO. The highest BCUT2D eigenvalue weighted by atomic mass is 16.3. The summed E-state index contributed by atoms with van der Waals surface area (Å²) in [5.41, 5.74) is 0. The Morgan fingerprint density at radius 2 is 1.25 bits per heavy atom. The quantitative estimate of drug-likeness (QED) is 0.618. The molecule has 0 aromatic carbocycles. The van der Waals surface area contributed by atoms with Crippen LogP contribution in [0.1, 0.15) is 39.5 Å². The molecule has 0 unspecified atom stereocenters. The molecule has 0 aromatic heterocycles. The van der Waals surface area contributed by atoms with Crippen LogP contribution in [0.5, 0.6) is 0 Å². The molecule has 0 fully saturated rings. The molecule has 2 N–H and O–H groups in total. The van der Waals surface area contributed by atoms with Gasteiger partial charge in [0.15, 0.2) is 0 Å². The maximum absolute atomic E-state index is 8.99. The molecule has 2 heteroatoms. The molecule has 0 rings (SSSR count). The van der Waals surface area contributed by atoms with Gasteiger partial charge in [-0.25, -0.2) is 0 Å². The molecule has 0 heterocycles. The first-order valence-corrected chi connectivity index (χ1v) is 5.01. The molecule has 0 amide bonds. The van der Waals surface area contributed by atoms with Gasteiger partial charge in [-0.2, -0.15) is 0 Å². The molecule has 0 aromatic rings. The van der Waals surface area contributed by atoms with Crippen LogP contribution in [0.25, 0.3) is 0 Å². The lowest BCUT2D eigenvalue weighted by Crippen LogP contribution is -2.22. The predicted octanol–water partition coefficient (Wildman–Crippen LogP) is 1.80. The molecule has 0 aliphatic carbocycles. The Bertz CT molecular complexity index is 83.8. The number of hydrogen-bond donors (Lipinski definition) is 2. The average Bonchev–Trinajstić information content (AvgIpc) is 2.07. The third kappa shape index (κ3) is 4.07. The van der Waals surface area contributed by atoms with E-state index in [9.17, 15) is 0 Å². The average molecular weight is 174 g/mol.